The monoisotopic (exact) mass is 348 g/mol. The van der Waals surface area contributed by atoms with E-state index in [1.165, 1.54) is 10.4 Å². The van der Waals surface area contributed by atoms with Crippen molar-refractivity contribution >= 4 is 39.5 Å². The first kappa shape index (κ1) is 15.1. The number of fused-ring (bicyclic) bond motifs is 5. The fraction of sp³-hybridized carbons (Fsp3) is 0.562. The number of aromatic nitrogens is 4. The van der Waals surface area contributed by atoms with Crippen molar-refractivity contribution < 1.29 is 0 Å². The molecule has 3 heterocycles. The highest BCUT2D eigenvalue weighted by atomic mass is 32.1. The quantitative estimate of drug-likeness (QED) is 0.633. The van der Waals surface area contributed by atoms with Crippen molar-refractivity contribution in [1.82, 2.24) is 19.2 Å². The third-order valence-corrected chi connectivity index (χ3v) is 6.66. The van der Waals surface area contributed by atoms with Crippen molar-refractivity contribution in [3.05, 3.63) is 25.6 Å². The van der Waals surface area contributed by atoms with Gasteiger partial charge in [0.15, 0.2) is 0 Å². The lowest BCUT2D eigenvalue weighted by Crippen LogP contribution is -2.27. The molecule has 0 saturated heterocycles. The van der Waals surface area contributed by atoms with Crippen LogP contribution in [0.4, 0.5) is 0 Å². The van der Waals surface area contributed by atoms with Crippen molar-refractivity contribution in [1.29, 1.82) is 0 Å². The topological polar surface area (TPSA) is 55.1 Å². The molecule has 5 nitrogen and oxygen atoms in total. The zero-order valence-electron chi connectivity index (χ0n) is 13.8. The van der Waals surface area contributed by atoms with Crippen molar-refractivity contribution in [2.24, 2.45) is 18.4 Å². The normalized spacial score (nSPS) is 18.7. The van der Waals surface area contributed by atoms with Crippen LogP contribution in [-0.4, -0.2) is 19.2 Å². The molecule has 0 aromatic carbocycles. The smallest absolute Gasteiger partial charge is 0.263 e. The first-order valence-corrected chi connectivity index (χ1v) is 9.12. The maximum Gasteiger partial charge on any atom is 0.263 e. The highest BCUT2D eigenvalue weighted by molar-refractivity contribution is 7.71. The Morgan fingerprint density at radius 3 is 2.83 bits per heavy atom. The van der Waals surface area contributed by atoms with Crippen LogP contribution in [-0.2, 0) is 19.9 Å². The summed E-state index contributed by atoms with van der Waals surface area (Å²) in [6.07, 6.45) is 3.16. The number of rotatable bonds is 0. The zero-order valence-corrected chi connectivity index (χ0v) is 15.4. The molecule has 0 radical (unpaired) electrons. The van der Waals surface area contributed by atoms with Crippen LogP contribution < -0.4 is 5.56 Å². The second kappa shape index (κ2) is 4.77. The SMILES string of the molecule is Cn1c(=O)c2c3c(sc2n2c(=S)[nH]nc12)CC(C(C)(C)C)CC3. The van der Waals surface area contributed by atoms with Crippen molar-refractivity contribution in [2.45, 2.75) is 40.0 Å². The Balaban J connectivity index is 2.06. The van der Waals surface area contributed by atoms with E-state index in [9.17, 15) is 4.79 Å². The minimum atomic E-state index is 0.0354. The molecule has 0 aliphatic heterocycles. The molecule has 3 aromatic rings. The van der Waals surface area contributed by atoms with E-state index in [0.717, 1.165) is 29.5 Å². The van der Waals surface area contributed by atoms with E-state index in [-0.39, 0.29) is 5.56 Å². The van der Waals surface area contributed by atoms with Crippen molar-refractivity contribution in [2.75, 3.05) is 0 Å². The van der Waals surface area contributed by atoms with Crippen LogP contribution in [0.1, 0.15) is 37.6 Å². The lowest BCUT2D eigenvalue weighted by Gasteiger charge is -2.33. The summed E-state index contributed by atoms with van der Waals surface area (Å²) in [5.41, 5.74) is 1.56. The van der Waals surface area contributed by atoms with Crippen LogP contribution in [0.2, 0.25) is 0 Å². The molecule has 7 heteroatoms. The van der Waals surface area contributed by atoms with Gasteiger partial charge in [-0.05, 0) is 48.4 Å². The summed E-state index contributed by atoms with van der Waals surface area (Å²) in [6.45, 7) is 6.91. The molecule has 0 spiro atoms. The predicted molar refractivity (Wildman–Crippen MR) is 96.0 cm³/mol. The van der Waals surface area contributed by atoms with E-state index in [0.29, 0.717) is 21.9 Å². The van der Waals surface area contributed by atoms with E-state index >= 15 is 0 Å². The van der Waals surface area contributed by atoms with Gasteiger partial charge in [0, 0.05) is 11.9 Å². The lowest BCUT2D eigenvalue weighted by molar-refractivity contribution is 0.218. The van der Waals surface area contributed by atoms with Crippen LogP contribution in [0.25, 0.3) is 16.0 Å². The lowest BCUT2D eigenvalue weighted by atomic mass is 9.72. The van der Waals surface area contributed by atoms with Crippen molar-refractivity contribution in [3.63, 3.8) is 0 Å². The van der Waals surface area contributed by atoms with Gasteiger partial charge in [-0.3, -0.25) is 9.36 Å². The molecule has 122 valence electrons. The fourth-order valence-electron chi connectivity index (χ4n) is 3.64. The van der Waals surface area contributed by atoms with Gasteiger partial charge >= 0.3 is 0 Å². The standard InChI is InChI=1S/C16H20N4OS2/c1-16(2,3)8-5-6-9-10(7-8)23-13-11(9)12(21)19(4)14-17-18-15(22)20(13)14/h8H,5-7H2,1-4H3,(H,18,22). The molecule has 1 aliphatic rings. The molecule has 1 aliphatic carbocycles. The van der Waals surface area contributed by atoms with E-state index < -0.39 is 0 Å². The van der Waals surface area contributed by atoms with Gasteiger partial charge in [0.2, 0.25) is 10.5 Å². The Morgan fingerprint density at radius 1 is 1.39 bits per heavy atom. The van der Waals surface area contributed by atoms with Crippen molar-refractivity contribution in [3.8, 4) is 0 Å². The van der Waals surface area contributed by atoms with Crippen LogP contribution in [0, 0.1) is 16.1 Å². The predicted octanol–water partition coefficient (Wildman–Crippen LogP) is 3.46. The first-order chi connectivity index (χ1) is 10.8. The summed E-state index contributed by atoms with van der Waals surface area (Å²) in [6, 6.07) is 0. The number of nitrogens with one attached hydrogen (secondary N) is 1. The average Bonchev–Trinajstić information content (AvgIpc) is 3.03. The van der Waals surface area contributed by atoms with Crippen LogP contribution in [0.3, 0.4) is 0 Å². The van der Waals surface area contributed by atoms with Crippen LogP contribution in [0.5, 0.6) is 0 Å². The molecule has 23 heavy (non-hydrogen) atoms. The number of H-pyrrole nitrogens is 1. The number of hydrogen-bond donors (Lipinski definition) is 1. The second-order valence-corrected chi connectivity index (χ2v) is 8.99. The summed E-state index contributed by atoms with van der Waals surface area (Å²) in [5.74, 6) is 1.23. The molecular weight excluding hydrogens is 328 g/mol. The number of aryl methyl sites for hydroxylation is 2. The Kier molecular flexibility index (Phi) is 3.13. The third-order valence-electron chi connectivity index (χ3n) is 5.15. The Bertz CT molecular complexity index is 1040. The summed E-state index contributed by atoms with van der Waals surface area (Å²) in [5, 5.41) is 7.86. The minimum absolute atomic E-state index is 0.0354. The minimum Gasteiger partial charge on any atom is -0.279 e. The van der Waals surface area contributed by atoms with E-state index in [2.05, 4.69) is 31.0 Å². The van der Waals surface area contributed by atoms with E-state index in [1.807, 2.05) is 4.40 Å². The molecule has 0 amide bonds. The molecule has 4 rings (SSSR count). The zero-order chi connectivity index (χ0) is 16.5. The average molecular weight is 348 g/mol. The van der Waals surface area contributed by atoms with Crippen LogP contribution >= 0.6 is 23.6 Å². The molecule has 1 unspecified atom stereocenters. The number of aromatic amines is 1. The fourth-order valence-corrected chi connectivity index (χ4v) is 5.34. The van der Waals surface area contributed by atoms with Gasteiger partial charge in [0.05, 0.1) is 5.39 Å². The first-order valence-electron chi connectivity index (χ1n) is 7.89. The molecule has 0 fully saturated rings. The van der Waals surface area contributed by atoms with Gasteiger partial charge in [-0.2, -0.15) is 0 Å². The van der Waals surface area contributed by atoms with Gasteiger partial charge in [0.1, 0.15) is 4.83 Å². The molecule has 0 saturated carbocycles. The number of nitrogens with zero attached hydrogens (tertiary/aromatic N) is 3. The molecule has 1 atom stereocenters. The Hall–Kier alpha value is -1.47. The van der Waals surface area contributed by atoms with Gasteiger partial charge in [-0.25, -0.2) is 9.50 Å². The summed E-state index contributed by atoms with van der Waals surface area (Å²) in [7, 11) is 1.76. The van der Waals surface area contributed by atoms with Gasteiger partial charge < -0.3 is 0 Å². The van der Waals surface area contributed by atoms with E-state index in [1.54, 1.807) is 23.0 Å². The maximum absolute atomic E-state index is 12.8. The molecule has 3 aromatic heterocycles. The van der Waals surface area contributed by atoms with Crippen LogP contribution in [0.15, 0.2) is 4.79 Å². The van der Waals surface area contributed by atoms with Gasteiger partial charge in [0.25, 0.3) is 5.56 Å². The van der Waals surface area contributed by atoms with Gasteiger partial charge in [-0.1, -0.05) is 20.8 Å². The summed E-state index contributed by atoms with van der Waals surface area (Å²) in [4.78, 5) is 15.1. The highest BCUT2D eigenvalue weighted by Gasteiger charge is 2.32. The number of thiophene rings is 1. The molecular formula is C16H20N4OS2. The van der Waals surface area contributed by atoms with Gasteiger partial charge in [-0.15, -0.1) is 16.4 Å². The summed E-state index contributed by atoms with van der Waals surface area (Å²) >= 11 is 7.09. The third kappa shape index (κ3) is 2.06. The number of hydrogen-bond acceptors (Lipinski definition) is 4. The Labute approximate surface area is 143 Å². The largest absolute Gasteiger partial charge is 0.279 e. The molecule has 1 N–H and O–H groups in total. The Morgan fingerprint density at radius 2 is 2.13 bits per heavy atom. The second-order valence-electron chi connectivity index (χ2n) is 7.52. The molecule has 0 bridgehead atoms. The summed E-state index contributed by atoms with van der Waals surface area (Å²) < 4.78 is 4.05. The maximum atomic E-state index is 12.8. The highest BCUT2D eigenvalue weighted by Crippen LogP contribution is 2.42. The van der Waals surface area contributed by atoms with E-state index in [4.69, 9.17) is 12.2 Å².